The molecule has 0 atom stereocenters. The quantitative estimate of drug-likeness (QED) is 0.821. The number of rotatable bonds is 2. The number of aryl methyl sites for hydroxylation is 1. The highest BCUT2D eigenvalue weighted by molar-refractivity contribution is 7.92. The van der Waals surface area contributed by atoms with Crippen LogP contribution in [0.4, 0.5) is 5.69 Å². The van der Waals surface area contributed by atoms with Crippen LogP contribution in [0.5, 0.6) is 0 Å². The Balaban J connectivity index is 2.08. The van der Waals surface area contributed by atoms with Crippen LogP contribution in [-0.4, -0.2) is 15.0 Å². The lowest BCUT2D eigenvalue weighted by Gasteiger charge is -2.25. The van der Waals surface area contributed by atoms with E-state index in [0.29, 0.717) is 12.1 Å². The fraction of sp³-hybridized carbons (Fsp3) is 0.350. The minimum atomic E-state index is -3.63. The van der Waals surface area contributed by atoms with Crippen LogP contribution in [0.15, 0.2) is 41.3 Å². The van der Waals surface area contributed by atoms with Gasteiger partial charge in [0.2, 0.25) is 0 Å². The molecule has 0 spiro atoms. The second-order valence-corrected chi connectivity index (χ2v) is 9.37. The van der Waals surface area contributed by atoms with Gasteiger partial charge in [0.15, 0.2) is 0 Å². The van der Waals surface area contributed by atoms with Gasteiger partial charge < -0.3 is 0 Å². The zero-order valence-electron chi connectivity index (χ0n) is 15.0. The molecule has 0 unspecified atom stereocenters. The average Bonchev–Trinajstić information content (AvgIpc) is 2.96. The normalized spacial score (nSPS) is 14.3. The van der Waals surface area contributed by atoms with E-state index in [0.717, 1.165) is 23.2 Å². The van der Waals surface area contributed by atoms with Gasteiger partial charge in [-0.25, -0.2) is 8.42 Å². The first-order valence-corrected chi connectivity index (χ1v) is 9.75. The Morgan fingerprint density at radius 3 is 2.32 bits per heavy atom. The maximum absolute atomic E-state index is 13.1. The van der Waals surface area contributed by atoms with Crippen molar-refractivity contribution in [2.75, 3.05) is 10.8 Å². The molecular formula is C20H22N2O2S. The number of hydrogen-bond acceptors (Lipinski definition) is 3. The molecule has 0 amide bonds. The second kappa shape index (κ2) is 5.89. The van der Waals surface area contributed by atoms with E-state index in [2.05, 4.69) is 33.8 Å². The molecule has 0 saturated heterocycles. The van der Waals surface area contributed by atoms with Crippen LogP contribution in [0.3, 0.4) is 0 Å². The molecule has 2 aromatic rings. The molecular weight excluding hydrogens is 332 g/mol. The highest BCUT2D eigenvalue weighted by Gasteiger charge is 2.32. The molecule has 2 aromatic carbocycles. The van der Waals surface area contributed by atoms with Gasteiger partial charge >= 0.3 is 0 Å². The van der Waals surface area contributed by atoms with Crippen LogP contribution in [-0.2, 0) is 21.9 Å². The van der Waals surface area contributed by atoms with E-state index in [1.165, 1.54) is 22.0 Å². The Kier molecular flexibility index (Phi) is 4.12. The van der Waals surface area contributed by atoms with Crippen molar-refractivity contribution in [3.8, 4) is 6.07 Å². The molecule has 130 valence electrons. The van der Waals surface area contributed by atoms with Gasteiger partial charge in [0.25, 0.3) is 10.0 Å². The van der Waals surface area contributed by atoms with Crippen molar-refractivity contribution >= 4 is 15.7 Å². The van der Waals surface area contributed by atoms with E-state index in [1.54, 1.807) is 12.1 Å². The number of fused-ring (bicyclic) bond motifs is 1. The summed E-state index contributed by atoms with van der Waals surface area (Å²) in [5.74, 6) is 0. The van der Waals surface area contributed by atoms with E-state index in [4.69, 9.17) is 5.26 Å². The molecule has 0 fully saturated rings. The molecule has 25 heavy (non-hydrogen) atoms. The summed E-state index contributed by atoms with van der Waals surface area (Å²) >= 11 is 0. The molecule has 0 N–H and O–H groups in total. The number of anilines is 1. The zero-order valence-corrected chi connectivity index (χ0v) is 15.8. The topological polar surface area (TPSA) is 61.2 Å². The fourth-order valence-electron chi connectivity index (χ4n) is 3.42. The summed E-state index contributed by atoms with van der Waals surface area (Å²) in [6.07, 6.45) is 0.718. The zero-order chi connectivity index (χ0) is 18.4. The van der Waals surface area contributed by atoms with Gasteiger partial charge in [-0.1, -0.05) is 26.8 Å². The third-order valence-corrected chi connectivity index (χ3v) is 6.49. The summed E-state index contributed by atoms with van der Waals surface area (Å²) in [5, 5.41) is 8.90. The number of benzene rings is 2. The third-order valence-electron chi connectivity index (χ3n) is 4.66. The van der Waals surface area contributed by atoms with E-state index < -0.39 is 10.0 Å². The molecule has 1 heterocycles. The first-order chi connectivity index (χ1) is 11.6. The van der Waals surface area contributed by atoms with Crippen molar-refractivity contribution in [3.05, 3.63) is 58.7 Å². The summed E-state index contributed by atoms with van der Waals surface area (Å²) in [5.41, 5.74) is 4.61. The molecule has 4 nitrogen and oxygen atoms in total. The van der Waals surface area contributed by atoms with Crippen molar-refractivity contribution in [1.82, 2.24) is 0 Å². The Morgan fingerprint density at radius 2 is 1.76 bits per heavy atom. The smallest absolute Gasteiger partial charge is 0.264 e. The highest BCUT2D eigenvalue weighted by Crippen LogP contribution is 2.38. The summed E-state index contributed by atoms with van der Waals surface area (Å²) in [6.45, 7) is 8.94. The lowest BCUT2D eigenvalue weighted by Crippen LogP contribution is -2.29. The summed E-state index contributed by atoms with van der Waals surface area (Å²) in [4.78, 5) is 0.220. The van der Waals surface area contributed by atoms with Gasteiger partial charge in [-0.15, -0.1) is 0 Å². The number of nitriles is 1. The van der Waals surface area contributed by atoms with Gasteiger partial charge in [0.1, 0.15) is 0 Å². The van der Waals surface area contributed by atoms with Gasteiger partial charge in [0.05, 0.1) is 22.2 Å². The maximum atomic E-state index is 13.1. The van der Waals surface area contributed by atoms with Crippen LogP contribution < -0.4 is 4.31 Å². The highest BCUT2D eigenvalue weighted by atomic mass is 32.2. The molecule has 0 saturated carbocycles. The lowest BCUT2D eigenvalue weighted by molar-refractivity contribution is 0.584. The predicted octanol–water partition coefficient (Wildman–Crippen LogP) is 3.92. The van der Waals surface area contributed by atoms with Crippen LogP contribution in [0.25, 0.3) is 0 Å². The molecule has 0 bridgehead atoms. The first kappa shape index (κ1) is 17.5. The number of sulfonamides is 1. The second-order valence-electron chi connectivity index (χ2n) is 7.51. The summed E-state index contributed by atoms with van der Waals surface area (Å²) in [6, 6.07) is 12.2. The molecule has 3 rings (SSSR count). The molecule has 5 heteroatoms. The molecule has 1 aliphatic rings. The van der Waals surface area contributed by atoms with Crippen LogP contribution in [0.1, 0.15) is 43.0 Å². The van der Waals surface area contributed by atoms with Crippen molar-refractivity contribution in [2.24, 2.45) is 0 Å². The summed E-state index contributed by atoms with van der Waals surface area (Å²) < 4.78 is 27.7. The van der Waals surface area contributed by atoms with Gasteiger partial charge in [-0.05, 0) is 65.8 Å². The Bertz CT molecular complexity index is 962. The van der Waals surface area contributed by atoms with Crippen molar-refractivity contribution in [1.29, 1.82) is 5.26 Å². The van der Waals surface area contributed by atoms with Gasteiger partial charge in [0, 0.05) is 6.54 Å². The van der Waals surface area contributed by atoms with Gasteiger partial charge in [-0.3, -0.25) is 4.31 Å². The monoisotopic (exact) mass is 354 g/mol. The fourth-order valence-corrected chi connectivity index (χ4v) is 4.91. The van der Waals surface area contributed by atoms with Crippen LogP contribution >= 0.6 is 0 Å². The maximum Gasteiger partial charge on any atom is 0.264 e. The Labute approximate surface area is 149 Å². The van der Waals surface area contributed by atoms with E-state index >= 15 is 0 Å². The largest absolute Gasteiger partial charge is 0.266 e. The Morgan fingerprint density at radius 1 is 1.12 bits per heavy atom. The van der Waals surface area contributed by atoms with E-state index in [-0.39, 0.29) is 10.3 Å². The first-order valence-electron chi connectivity index (χ1n) is 8.31. The molecule has 1 aliphatic heterocycles. The average molecular weight is 354 g/mol. The number of nitrogens with zero attached hydrogens (tertiary/aromatic N) is 2. The standard InChI is InChI=1S/C20H22N2O2S/c1-14-11-16-9-10-22(19(16)12-18(14)20(2,3)4)25(23,24)17-7-5-15(13-21)6-8-17/h5-8,11-12H,9-10H2,1-4H3. The van der Waals surface area contributed by atoms with E-state index in [1.807, 2.05) is 12.1 Å². The van der Waals surface area contributed by atoms with Crippen LogP contribution in [0, 0.1) is 18.3 Å². The van der Waals surface area contributed by atoms with Crippen LogP contribution in [0.2, 0.25) is 0 Å². The molecule has 0 aliphatic carbocycles. The predicted molar refractivity (Wildman–Crippen MR) is 99.3 cm³/mol. The molecule has 0 aromatic heterocycles. The summed E-state index contributed by atoms with van der Waals surface area (Å²) in [7, 11) is -3.63. The number of hydrogen-bond donors (Lipinski definition) is 0. The Hall–Kier alpha value is -2.32. The van der Waals surface area contributed by atoms with Crippen molar-refractivity contribution < 1.29 is 8.42 Å². The SMILES string of the molecule is Cc1cc2c(cc1C(C)(C)C)N(S(=O)(=O)c1ccc(C#N)cc1)CC2. The minimum absolute atomic E-state index is 0.0500. The van der Waals surface area contributed by atoms with Gasteiger partial charge in [-0.2, -0.15) is 5.26 Å². The van der Waals surface area contributed by atoms with E-state index in [9.17, 15) is 8.42 Å². The lowest BCUT2D eigenvalue weighted by atomic mass is 9.83. The van der Waals surface area contributed by atoms with Crippen molar-refractivity contribution in [2.45, 2.75) is 44.4 Å². The van der Waals surface area contributed by atoms with Crippen molar-refractivity contribution in [3.63, 3.8) is 0 Å². The third kappa shape index (κ3) is 3.03. The molecule has 0 radical (unpaired) electrons. The minimum Gasteiger partial charge on any atom is -0.266 e.